The van der Waals surface area contributed by atoms with E-state index in [0.717, 1.165) is 29.7 Å². The third-order valence-electron chi connectivity index (χ3n) is 2.99. The van der Waals surface area contributed by atoms with E-state index >= 15 is 0 Å². The maximum Gasteiger partial charge on any atom is 0.122 e. The molecule has 3 heteroatoms. The summed E-state index contributed by atoms with van der Waals surface area (Å²) < 4.78 is 5.26. The van der Waals surface area contributed by atoms with Crippen molar-refractivity contribution in [1.82, 2.24) is 0 Å². The van der Waals surface area contributed by atoms with Crippen molar-refractivity contribution in [1.29, 1.82) is 0 Å². The Kier molecular flexibility index (Phi) is 2.21. The van der Waals surface area contributed by atoms with Crippen molar-refractivity contribution >= 4 is 0 Å². The SMILES string of the molecule is COc1cccc2c1CC[C@]2(N)CO. The lowest BCUT2D eigenvalue weighted by Gasteiger charge is -2.22. The second-order valence-electron chi connectivity index (χ2n) is 3.80. The average molecular weight is 193 g/mol. The predicted molar refractivity (Wildman–Crippen MR) is 54.3 cm³/mol. The fourth-order valence-corrected chi connectivity index (χ4v) is 2.13. The zero-order chi connectivity index (χ0) is 10.2. The molecule has 1 aliphatic carbocycles. The van der Waals surface area contributed by atoms with E-state index in [1.807, 2.05) is 18.2 Å². The molecule has 0 amide bonds. The zero-order valence-electron chi connectivity index (χ0n) is 8.29. The van der Waals surface area contributed by atoms with Crippen LogP contribution in [0.1, 0.15) is 17.5 Å². The first-order chi connectivity index (χ1) is 6.71. The molecule has 3 N–H and O–H groups in total. The van der Waals surface area contributed by atoms with Crippen molar-refractivity contribution in [3.63, 3.8) is 0 Å². The van der Waals surface area contributed by atoms with E-state index < -0.39 is 5.54 Å². The molecule has 0 fully saturated rings. The summed E-state index contributed by atoms with van der Waals surface area (Å²) in [7, 11) is 1.66. The van der Waals surface area contributed by atoms with Crippen LogP contribution in [0.4, 0.5) is 0 Å². The largest absolute Gasteiger partial charge is 0.496 e. The second-order valence-corrected chi connectivity index (χ2v) is 3.80. The van der Waals surface area contributed by atoms with Gasteiger partial charge in [0.25, 0.3) is 0 Å². The summed E-state index contributed by atoms with van der Waals surface area (Å²) in [5.74, 6) is 0.878. The van der Waals surface area contributed by atoms with Crippen LogP contribution >= 0.6 is 0 Å². The van der Waals surface area contributed by atoms with E-state index in [4.69, 9.17) is 10.5 Å². The minimum absolute atomic E-state index is 0.00678. The highest BCUT2D eigenvalue weighted by Crippen LogP contribution is 2.39. The van der Waals surface area contributed by atoms with E-state index in [2.05, 4.69) is 0 Å². The normalized spacial score (nSPS) is 24.8. The van der Waals surface area contributed by atoms with Crippen LogP contribution in [-0.2, 0) is 12.0 Å². The van der Waals surface area contributed by atoms with E-state index in [1.165, 1.54) is 0 Å². The molecule has 1 aromatic carbocycles. The Morgan fingerprint density at radius 3 is 3.00 bits per heavy atom. The molecule has 0 bridgehead atoms. The average Bonchev–Trinajstić information content (AvgIpc) is 2.58. The Balaban J connectivity index is 2.52. The van der Waals surface area contributed by atoms with Crippen molar-refractivity contribution in [2.75, 3.05) is 13.7 Å². The van der Waals surface area contributed by atoms with Gasteiger partial charge in [-0.25, -0.2) is 0 Å². The minimum atomic E-state index is -0.566. The lowest BCUT2D eigenvalue weighted by molar-refractivity contribution is 0.197. The van der Waals surface area contributed by atoms with Gasteiger partial charge in [0.1, 0.15) is 5.75 Å². The molecule has 0 spiro atoms. The molecule has 1 aliphatic rings. The molecule has 0 saturated heterocycles. The molecule has 3 nitrogen and oxygen atoms in total. The molecule has 0 unspecified atom stereocenters. The van der Waals surface area contributed by atoms with Gasteiger partial charge in [-0.05, 0) is 30.0 Å². The monoisotopic (exact) mass is 193 g/mol. The molecular formula is C11H15NO2. The Morgan fingerprint density at radius 1 is 1.57 bits per heavy atom. The first-order valence-corrected chi connectivity index (χ1v) is 4.77. The number of nitrogens with two attached hydrogens (primary N) is 1. The van der Waals surface area contributed by atoms with Gasteiger partial charge in [-0.2, -0.15) is 0 Å². The number of aliphatic hydroxyl groups is 1. The Bertz CT molecular complexity index is 351. The first kappa shape index (κ1) is 9.49. The number of aliphatic hydroxyl groups excluding tert-OH is 1. The summed E-state index contributed by atoms with van der Waals surface area (Å²) in [6, 6.07) is 5.82. The molecule has 14 heavy (non-hydrogen) atoms. The highest BCUT2D eigenvalue weighted by molar-refractivity contribution is 5.47. The van der Waals surface area contributed by atoms with Gasteiger partial charge in [-0.1, -0.05) is 12.1 Å². The van der Waals surface area contributed by atoms with Crippen molar-refractivity contribution in [3.8, 4) is 5.75 Å². The van der Waals surface area contributed by atoms with Crippen molar-refractivity contribution < 1.29 is 9.84 Å². The molecule has 2 rings (SSSR count). The third-order valence-corrected chi connectivity index (χ3v) is 2.99. The molecule has 0 aromatic heterocycles. The number of benzene rings is 1. The Labute approximate surface area is 83.5 Å². The first-order valence-electron chi connectivity index (χ1n) is 4.77. The van der Waals surface area contributed by atoms with E-state index in [9.17, 15) is 5.11 Å². The molecule has 0 aliphatic heterocycles. The highest BCUT2D eigenvalue weighted by Gasteiger charge is 2.35. The van der Waals surface area contributed by atoms with E-state index in [-0.39, 0.29) is 6.61 Å². The second kappa shape index (κ2) is 3.26. The summed E-state index contributed by atoms with van der Waals surface area (Å²) in [5, 5.41) is 9.27. The number of ether oxygens (including phenoxy) is 1. The fourth-order valence-electron chi connectivity index (χ4n) is 2.13. The quantitative estimate of drug-likeness (QED) is 0.730. The summed E-state index contributed by atoms with van der Waals surface area (Å²) in [6.07, 6.45) is 1.68. The summed E-state index contributed by atoms with van der Waals surface area (Å²) >= 11 is 0. The third kappa shape index (κ3) is 1.21. The maximum absolute atomic E-state index is 9.27. The van der Waals surface area contributed by atoms with Crippen LogP contribution in [0.25, 0.3) is 0 Å². The van der Waals surface area contributed by atoms with Crippen molar-refractivity contribution in [2.45, 2.75) is 18.4 Å². The van der Waals surface area contributed by atoms with E-state index in [0.29, 0.717) is 0 Å². The smallest absolute Gasteiger partial charge is 0.122 e. The summed E-state index contributed by atoms with van der Waals surface area (Å²) in [5.41, 5.74) is 7.69. The number of fused-ring (bicyclic) bond motifs is 1. The van der Waals surface area contributed by atoms with Gasteiger partial charge in [0.15, 0.2) is 0 Å². The fraction of sp³-hybridized carbons (Fsp3) is 0.455. The molecule has 0 heterocycles. The van der Waals surface area contributed by atoms with Crippen molar-refractivity contribution in [2.24, 2.45) is 5.73 Å². The standard InChI is InChI=1S/C11H15NO2/c1-14-10-4-2-3-9-8(10)5-6-11(9,12)7-13/h2-4,13H,5-7,12H2,1H3/t11-/m0/s1. The van der Waals surface area contributed by atoms with E-state index in [1.54, 1.807) is 7.11 Å². The Hall–Kier alpha value is -1.06. The summed E-state index contributed by atoms with van der Waals surface area (Å²) in [4.78, 5) is 0. The maximum atomic E-state index is 9.27. The van der Waals surface area contributed by atoms with Crippen LogP contribution in [0.3, 0.4) is 0 Å². The van der Waals surface area contributed by atoms with Gasteiger partial charge >= 0.3 is 0 Å². The molecule has 0 radical (unpaired) electrons. The van der Waals surface area contributed by atoms with Gasteiger partial charge < -0.3 is 15.6 Å². The van der Waals surface area contributed by atoms with Gasteiger partial charge in [0.2, 0.25) is 0 Å². The lowest BCUT2D eigenvalue weighted by Crippen LogP contribution is -2.37. The molecule has 1 aromatic rings. The molecule has 0 saturated carbocycles. The van der Waals surface area contributed by atoms with Gasteiger partial charge in [-0.15, -0.1) is 0 Å². The number of hydrogen-bond donors (Lipinski definition) is 2. The van der Waals surface area contributed by atoms with Crippen LogP contribution in [0, 0.1) is 0 Å². The van der Waals surface area contributed by atoms with Crippen LogP contribution in [0.5, 0.6) is 5.75 Å². The number of hydrogen-bond acceptors (Lipinski definition) is 3. The predicted octanol–water partition coefficient (Wildman–Crippen LogP) is 0.788. The minimum Gasteiger partial charge on any atom is -0.496 e. The lowest BCUT2D eigenvalue weighted by atomic mass is 9.94. The topological polar surface area (TPSA) is 55.5 Å². The van der Waals surface area contributed by atoms with Crippen LogP contribution < -0.4 is 10.5 Å². The van der Waals surface area contributed by atoms with Crippen molar-refractivity contribution in [3.05, 3.63) is 29.3 Å². The molecule has 1 atom stereocenters. The van der Waals surface area contributed by atoms with Crippen LogP contribution in [0.2, 0.25) is 0 Å². The number of methoxy groups -OCH3 is 1. The van der Waals surface area contributed by atoms with Gasteiger partial charge in [-0.3, -0.25) is 0 Å². The van der Waals surface area contributed by atoms with Gasteiger partial charge in [0.05, 0.1) is 19.3 Å². The van der Waals surface area contributed by atoms with Crippen LogP contribution in [0.15, 0.2) is 18.2 Å². The number of rotatable bonds is 2. The van der Waals surface area contributed by atoms with Crippen LogP contribution in [-0.4, -0.2) is 18.8 Å². The Morgan fingerprint density at radius 2 is 2.36 bits per heavy atom. The highest BCUT2D eigenvalue weighted by atomic mass is 16.5. The molecule has 76 valence electrons. The summed E-state index contributed by atoms with van der Waals surface area (Å²) in [6.45, 7) is -0.00678. The van der Waals surface area contributed by atoms with Gasteiger partial charge in [0, 0.05) is 0 Å². The molecular weight excluding hydrogens is 178 g/mol. The zero-order valence-corrected chi connectivity index (χ0v) is 8.29.